The predicted octanol–water partition coefficient (Wildman–Crippen LogP) is 5.90. The molecule has 0 radical (unpaired) electrons. The van der Waals surface area contributed by atoms with Crippen LogP contribution < -0.4 is 14.4 Å². The van der Waals surface area contributed by atoms with Crippen molar-refractivity contribution in [3.8, 4) is 11.5 Å². The highest BCUT2D eigenvalue weighted by Gasteiger charge is 2.48. The first-order valence-corrected chi connectivity index (χ1v) is 12.2. The van der Waals surface area contributed by atoms with Gasteiger partial charge >= 0.3 is 5.91 Å². The van der Waals surface area contributed by atoms with E-state index in [2.05, 4.69) is 4.98 Å². The van der Waals surface area contributed by atoms with Crippen LogP contribution in [0, 0.1) is 6.92 Å². The average molecular weight is 521 g/mol. The number of nitrogens with zero attached hydrogens (tertiary/aromatic N) is 2. The zero-order chi connectivity index (χ0) is 25.6. The molecular formula is C27H21ClN2O5S. The summed E-state index contributed by atoms with van der Waals surface area (Å²) in [7, 11) is 3.13. The summed E-state index contributed by atoms with van der Waals surface area (Å²) in [6.07, 6.45) is 0. The molecule has 1 fully saturated rings. The van der Waals surface area contributed by atoms with Crippen molar-refractivity contribution in [1.29, 1.82) is 0 Å². The number of aromatic nitrogens is 1. The largest absolute Gasteiger partial charge is 0.507 e. The van der Waals surface area contributed by atoms with E-state index in [1.54, 1.807) is 68.8 Å². The summed E-state index contributed by atoms with van der Waals surface area (Å²) in [5.41, 5.74) is 2.43. The molecule has 36 heavy (non-hydrogen) atoms. The van der Waals surface area contributed by atoms with Gasteiger partial charge in [0.15, 0.2) is 5.13 Å². The van der Waals surface area contributed by atoms with Gasteiger partial charge in [-0.05, 0) is 66.6 Å². The van der Waals surface area contributed by atoms with Crippen LogP contribution in [0.2, 0.25) is 5.02 Å². The number of aliphatic hydroxyl groups is 1. The van der Waals surface area contributed by atoms with Crippen LogP contribution >= 0.6 is 22.9 Å². The number of thiazole rings is 1. The van der Waals surface area contributed by atoms with Crippen molar-refractivity contribution in [2.75, 3.05) is 19.1 Å². The number of hydrogen-bond donors (Lipinski definition) is 1. The van der Waals surface area contributed by atoms with Crippen molar-refractivity contribution in [2.24, 2.45) is 0 Å². The number of ether oxygens (including phenoxy) is 2. The van der Waals surface area contributed by atoms with E-state index in [1.807, 2.05) is 13.0 Å². The van der Waals surface area contributed by atoms with E-state index in [4.69, 9.17) is 21.1 Å². The Morgan fingerprint density at radius 3 is 2.44 bits per heavy atom. The van der Waals surface area contributed by atoms with Gasteiger partial charge in [0.25, 0.3) is 5.78 Å². The summed E-state index contributed by atoms with van der Waals surface area (Å²) in [5.74, 6) is -0.537. The van der Waals surface area contributed by atoms with Crippen LogP contribution in [-0.2, 0) is 9.59 Å². The molecule has 0 saturated carbocycles. The Balaban J connectivity index is 1.71. The van der Waals surface area contributed by atoms with Gasteiger partial charge in [-0.1, -0.05) is 35.1 Å². The SMILES string of the molecule is COc1ccc2nc(N3C(=O)C(=O)C(=C(O)c4ccc(OC)c(C)c4)C3c3ccc(Cl)cc3)sc2c1. The Morgan fingerprint density at radius 1 is 1.03 bits per heavy atom. The number of aryl methyl sites for hydroxylation is 1. The van der Waals surface area contributed by atoms with Crippen molar-refractivity contribution in [1.82, 2.24) is 4.98 Å². The summed E-state index contributed by atoms with van der Waals surface area (Å²) >= 11 is 7.37. The number of hydrogen-bond acceptors (Lipinski definition) is 7. The molecule has 1 N–H and O–H groups in total. The van der Waals surface area contributed by atoms with E-state index < -0.39 is 17.7 Å². The van der Waals surface area contributed by atoms with Crippen LogP contribution in [0.25, 0.3) is 16.0 Å². The molecule has 0 aliphatic carbocycles. The zero-order valence-corrected chi connectivity index (χ0v) is 21.2. The second-order valence-electron chi connectivity index (χ2n) is 8.24. The van der Waals surface area contributed by atoms with E-state index in [-0.39, 0.29) is 11.3 Å². The number of amides is 1. The molecule has 1 aliphatic heterocycles. The van der Waals surface area contributed by atoms with Gasteiger partial charge in [-0.25, -0.2) is 4.98 Å². The average Bonchev–Trinajstić information content (AvgIpc) is 3.41. The molecular weight excluding hydrogens is 500 g/mol. The van der Waals surface area contributed by atoms with Crippen molar-refractivity contribution >= 4 is 55.7 Å². The minimum absolute atomic E-state index is 0.0243. The first kappa shape index (κ1) is 23.8. The second-order valence-corrected chi connectivity index (χ2v) is 9.68. The highest BCUT2D eigenvalue weighted by atomic mass is 35.5. The predicted molar refractivity (Wildman–Crippen MR) is 140 cm³/mol. The number of methoxy groups -OCH3 is 2. The van der Waals surface area contributed by atoms with E-state index >= 15 is 0 Å². The number of fused-ring (bicyclic) bond motifs is 1. The fourth-order valence-electron chi connectivity index (χ4n) is 4.29. The standard InChI is InChI=1S/C27H21ClN2O5S/c1-14-12-16(6-11-20(14)35-3)24(31)22-23(15-4-7-17(28)8-5-15)30(26(33)25(22)32)27-29-19-10-9-18(34-2)13-21(19)36-27/h4-13,23,31H,1-3H3. The lowest BCUT2D eigenvalue weighted by molar-refractivity contribution is -0.132. The number of benzene rings is 3. The second kappa shape index (κ2) is 9.29. The third-order valence-electron chi connectivity index (χ3n) is 6.09. The van der Waals surface area contributed by atoms with Crippen molar-refractivity contribution in [3.05, 3.63) is 87.9 Å². The molecule has 0 bridgehead atoms. The third-order valence-corrected chi connectivity index (χ3v) is 7.36. The fourth-order valence-corrected chi connectivity index (χ4v) is 5.44. The molecule has 1 aromatic heterocycles. The number of Topliss-reactive ketones (excluding diaryl/α,β-unsaturated/α-hetero) is 1. The monoisotopic (exact) mass is 520 g/mol. The van der Waals surface area contributed by atoms with Gasteiger partial charge in [0.05, 0.1) is 36.1 Å². The molecule has 2 heterocycles. The number of ketones is 1. The number of rotatable bonds is 5. The first-order valence-electron chi connectivity index (χ1n) is 11.0. The Bertz CT molecular complexity index is 1540. The van der Waals surface area contributed by atoms with E-state index in [0.717, 1.165) is 10.3 Å². The quantitative estimate of drug-likeness (QED) is 0.200. The molecule has 9 heteroatoms. The van der Waals surface area contributed by atoms with E-state index in [1.165, 1.54) is 16.2 Å². The summed E-state index contributed by atoms with van der Waals surface area (Å²) < 4.78 is 11.4. The third kappa shape index (κ3) is 3.98. The van der Waals surface area contributed by atoms with E-state index in [0.29, 0.717) is 38.3 Å². The van der Waals surface area contributed by atoms with Gasteiger partial charge in [-0.2, -0.15) is 0 Å². The van der Waals surface area contributed by atoms with Gasteiger partial charge in [0, 0.05) is 10.6 Å². The summed E-state index contributed by atoms with van der Waals surface area (Å²) in [6.45, 7) is 1.83. The van der Waals surface area contributed by atoms with Gasteiger partial charge < -0.3 is 14.6 Å². The lowest BCUT2D eigenvalue weighted by Gasteiger charge is -2.23. The topological polar surface area (TPSA) is 89.0 Å². The molecule has 3 aromatic carbocycles. The Morgan fingerprint density at radius 2 is 1.78 bits per heavy atom. The molecule has 182 valence electrons. The van der Waals surface area contributed by atoms with Crippen LogP contribution in [0.4, 0.5) is 5.13 Å². The number of carbonyl (C=O) groups is 2. The maximum absolute atomic E-state index is 13.4. The molecule has 4 aromatic rings. The fraction of sp³-hybridized carbons (Fsp3) is 0.148. The van der Waals surface area contributed by atoms with Gasteiger partial charge in [-0.3, -0.25) is 14.5 Å². The smallest absolute Gasteiger partial charge is 0.301 e. The van der Waals surface area contributed by atoms with Crippen LogP contribution in [0.3, 0.4) is 0 Å². The number of anilines is 1. The molecule has 5 rings (SSSR count). The molecule has 7 nitrogen and oxygen atoms in total. The number of halogens is 1. The summed E-state index contributed by atoms with van der Waals surface area (Å²) in [5, 5.41) is 12.2. The Hall–Kier alpha value is -3.88. The minimum Gasteiger partial charge on any atom is -0.507 e. The van der Waals surface area contributed by atoms with Crippen LogP contribution in [0.15, 0.2) is 66.2 Å². The van der Waals surface area contributed by atoms with Crippen LogP contribution in [-0.4, -0.2) is 36.0 Å². The molecule has 1 saturated heterocycles. The maximum atomic E-state index is 13.4. The van der Waals surface area contributed by atoms with Crippen molar-refractivity contribution in [2.45, 2.75) is 13.0 Å². The van der Waals surface area contributed by atoms with Gasteiger partial charge in [0.1, 0.15) is 17.3 Å². The first-order chi connectivity index (χ1) is 17.3. The van der Waals surface area contributed by atoms with Crippen molar-refractivity contribution < 1.29 is 24.2 Å². The molecule has 1 unspecified atom stereocenters. The lowest BCUT2D eigenvalue weighted by Crippen LogP contribution is -2.29. The maximum Gasteiger partial charge on any atom is 0.301 e. The highest BCUT2D eigenvalue weighted by molar-refractivity contribution is 7.22. The molecule has 0 spiro atoms. The Labute approximate surface area is 216 Å². The van der Waals surface area contributed by atoms with Crippen LogP contribution in [0.5, 0.6) is 11.5 Å². The molecule has 1 aliphatic rings. The number of aliphatic hydroxyl groups excluding tert-OH is 1. The zero-order valence-electron chi connectivity index (χ0n) is 19.6. The van der Waals surface area contributed by atoms with Gasteiger partial charge in [0.2, 0.25) is 0 Å². The summed E-state index contributed by atoms with van der Waals surface area (Å²) in [4.78, 5) is 32.7. The van der Waals surface area contributed by atoms with Crippen molar-refractivity contribution in [3.63, 3.8) is 0 Å². The molecule has 1 amide bonds. The number of carbonyl (C=O) groups excluding carboxylic acids is 2. The van der Waals surface area contributed by atoms with Crippen LogP contribution in [0.1, 0.15) is 22.7 Å². The lowest BCUT2D eigenvalue weighted by atomic mass is 9.95. The normalized spacial score (nSPS) is 17.1. The highest BCUT2D eigenvalue weighted by Crippen LogP contribution is 2.45. The minimum atomic E-state index is -0.896. The summed E-state index contributed by atoms with van der Waals surface area (Å²) in [6, 6.07) is 16.4. The Kier molecular flexibility index (Phi) is 6.15. The molecule has 1 atom stereocenters. The van der Waals surface area contributed by atoms with Gasteiger partial charge in [-0.15, -0.1) is 0 Å². The van der Waals surface area contributed by atoms with E-state index in [9.17, 15) is 14.7 Å².